The van der Waals surface area contributed by atoms with Crippen LogP contribution in [-0.4, -0.2) is 29.3 Å². The van der Waals surface area contributed by atoms with Crippen molar-refractivity contribution >= 4 is 11.8 Å². The minimum atomic E-state index is -0.643. The fourth-order valence-corrected chi connectivity index (χ4v) is 2.86. The lowest BCUT2D eigenvalue weighted by molar-refractivity contribution is -0.140. The number of aryl methyl sites for hydroxylation is 1. The number of amides is 2. The lowest BCUT2D eigenvalue weighted by Crippen LogP contribution is -2.48. The number of hydrogen-bond acceptors (Lipinski definition) is 2. The molecule has 0 radical (unpaired) electrons. The fraction of sp³-hybridized carbons (Fsp3) is 0.364. The maximum absolute atomic E-state index is 14.0. The molecular formula is C22H27FN2O2. The molecule has 0 aromatic heterocycles. The minimum absolute atomic E-state index is 0.0794. The van der Waals surface area contributed by atoms with Gasteiger partial charge in [0, 0.05) is 13.1 Å². The maximum Gasteiger partial charge on any atom is 0.242 e. The predicted molar refractivity (Wildman–Crippen MR) is 105 cm³/mol. The van der Waals surface area contributed by atoms with E-state index in [1.165, 1.54) is 11.0 Å². The topological polar surface area (TPSA) is 49.4 Å². The summed E-state index contributed by atoms with van der Waals surface area (Å²) in [6, 6.07) is 13.3. The van der Waals surface area contributed by atoms with E-state index in [0.29, 0.717) is 18.7 Å². The lowest BCUT2D eigenvalue weighted by Gasteiger charge is -2.29. The minimum Gasteiger partial charge on any atom is -0.354 e. The summed E-state index contributed by atoms with van der Waals surface area (Å²) in [5.74, 6) is -0.889. The molecule has 1 atom stereocenters. The molecule has 0 heterocycles. The Balaban J connectivity index is 2.25. The Bertz CT molecular complexity index is 791. The largest absolute Gasteiger partial charge is 0.354 e. The number of carbonyl (C=O) groups is 2. The summed E-state index contributed by atoms with van der Waals surface area (Å²) in [5, 5.41) is 2.84. The molecule has 0 saturated carbocycles. The van der Waals surface area contributed by atoms with E-state index in [9.17, 15) is 14.0 Å². The van der Waals surface area contributed by atoms with E-state index < -0.39 is 11.9 Å². The standard InChI is InChI=1S/C22H27FN2O2/c1-4-13-24-22(27)17(3)25(15-19-11-6-5-9-16(19)2)21(26)14-18-10-7-8-12-20(18)23/h5-12,17H,4,13-15H2,1-3H3,(H,24,27). The Kier molecular flexibility index (Phi) is 7.53. The monoisotopic (exact) mass is 370 g/mol. The van der Waals surface area contributed by atoms with Gasteiger partial charge in [-0.2, -0.15) is 0 Å². The SMILES string of the molecule is CCCNC(=O)C(C)N(Cc1ccccc1C)C(=O)Cc1ccccc1F. The molecule has 2 rings (SSSR count). The molecule has 1 unspecified atom stereocenters. The zero-order chi connectivity index (χ0) is 19.8. The molecule has 0 spiro atoms. The highest BCUT2D eigenvalue weighted by Gasteiger charge is 2.26. The summed E-state index contributed by atoms with van der Waals surface area (Å²) in [5.41, 5.74) is 2.34. The predicted octanol–water partition coefficient (Wildman–Crippen LogP) is 3.62. The first-order chi connectivity index (χ1) is 12.9. The van der Waals surface area contributed by atoms with Gasteiger partial charge in [0.1, 0.15) is 11.9 Å². The van der Waals surface area contributed by atoms with Gasteiger partial charge in [0.15, 0.2) is 0 Å². The van der Waals surface area contributed by atoms with Crippen molar-refractivity contribution in [1.82, 2.24) is 10.2 Å². The molecule has 2 amide bonds. The summed E-state index contributed by atoms with van der Waals surface area (Å²) < 4.78 is 14.0. The molecule has 1 N–H and O–H groups in total. The highest BCUT2D eigenvalue weighted by Crippen LogP contribution is 2.16. The van der Waals surface area contributed by atoms with Gasteiger partial charge in [0.05, 0.1) is 6.42 Å². The smallest absolute Gasteiger partial charge is 0.242 e. The molecule has 144 valence electrons. The molecule has 2 aromatic carbocycles. The molecule has 0 fully saturated rings. The summed E-state index contributed by atoms with van der Waals surface area (Å²) in [6.07, 6.45) is 0.739. The molecule has 4 nitrogen and oxygen atoms in total. The van der Waals surface area contributed by atoms with E-state index in [-0.39, 0.29) is 18.2 Å². The van der Waals surface area contributed by atoms with Crippen LogP contribution in [0.3, 0.4) is 0 Å². The molecule has 0 aliphatic heterocycles. The van der Waals surface area contributed by atoms with Crippen molar-refractivity contribution in [3.63, 3.8) is 0 Å². The van der Waals surface area contributed by atoms with Gasteiger partial charge in [0.2, 0.25) is 11.8 Å². The van der Waals surface area contributed by atoms with Crippen molar-refractivity contribution < 1.29 is 14.0 Å². The summed E-state index contributed by atoms with van der Waals surface area (Å²) in [4.78, 5) is 27.0. The molecule has 0 aliphatic carbocycles. The average molecular weight is 370 g/mol. The Morgan fingerprint density at radius 3 is 2.33 bits per heavy atom. The Hall–Kier alpha value is -2.69. The van der Waals surface area contributed by atoms with Crippen LogP contribution >= 0.6 is 0 Å². The molecule has 2 aromatic rings. The van der Waals surface area contributed by atoms with Crippen LogP contribution in [0.4, 0.5) is 4.39 Å². The number of carbonyl (C=O) groups excluding carboxylic acids is 2. The van der Waals surface area contributed by atoms with Gasteiger partial charge in [-0.1, -0.05) is 49.4 Å². The van der Waals surface area contributed by atoms with Crippen LogP contribution in [0.25, 0.3) is 0 Å². The highest BCUT2D eigenvalue weighted by molar-refractivity contribution is 5.88. The normalized spacial score (nSPS) is 11.7. The Labute approximate surface area is 160 Å². The first-order valence-corrected chi connectivity index (χ1v) is 9.29. The molecule has 0 aliphatic rings. The van der Waals surface area contributed by atoms with Crippen LogP contribution in [0.5, 0.6) is 0 Å². The van der Waals surface area contributed by atoms with E-state index in [1.807, 2.05) is 38.1 Å². The molecule has 0 bridgehead atoms. The van der Waals surface area contributed by atoms with Gasteiger partial charge in [-0.3, -0.25) is 9.59 Å². The van der Waals surface area contributed by atoms with Gasteiger partial charge in [-0.25, -0.2) is 4.39 Å². The summed E-state index contributed by atoms with van der Waals surface area (Å²) in [6.45, 7) is 6.52. The third kappa shape index (κ3) is 5.64. The van der Waals surface area contributed by atoms with Crippen molar-refractivity contribution in [2.75, 3.05) is 6.54 Å². The third-order valence-corrected chi connectivity index (χ3v) is 4.62. The zero-order valence-electron chi connectivity index (χ0n) is 16.2. The summed E-state index contributed by atoms with van der Waals surface area (Å²) >= 11 is 0. The molecule has 5 heteroatoms. The van der Waals surface area contributed by atoms with Crippen LogP contribution in [0.15, 0.2) is 48.5 Å². The number of hydrogen-bond donors (Lipinski definition) is 1. The molecule has 27 heavy (non-hydrogen) atoms. The third-order valence-electron chi connectivity index (χ3n) is 4.62. The van der Waals surface area contributed by atoms with Crippen molar-refractivity contribution in [2.45, 2.75) is 46.2 Å². The first kappa shape index (κ1) is 20.6. The quantitative estimate of drug-likeness (QED) is 0.772. The Morgan fingerprint density at radius 1 is 1.07 bits per heavy atom. The molecular weight excluding hydrogens is 343 g/mol. The van der Waals surface area contributed by atoms with Gasteiger partial charge < -0.3 is 10.2 Å². The van der Waals surface area contributed by atoms with Crippen molar-refractivity contribution in [3.05, 3.63) is 71.0 Å². The van der Waals surface area contributed by atoms with Crippen molar-refractivity contribution in [1.29, 1.82) is 0 Å². The number of nitrogens with one attached hydrogen (secondary N) is 1. The second-order valence-electron chi connectivity index (χ2n) is 6.68. The van der Waals surface area contributed by atoms with Crippen LogP contribution in [-0.2, 0) is 22.6 Å². The Morgan fingerprint density at radius 2 is 1.70 bits per heavy atom. The van der Waals surface area contributed by atoms with Crippen molar-refractivity contribution in [3.8, 4) is 0 Å². The summed E-state index contributed by atoms with van der Waals surface area (Å²) in [7, 11) is 0. The van der Waals surface area contributed by atoms with E-state index in [1.54, 1.807) is 25.1 Å². The fourth-order valence-electron chi connectivity index (χ4n) is 2.86. The van der Waals surface area contributed by atoms with Crippen LogP contribution in [0.2, 0.25) is 0 Å². The maximum atomic E-state index is 14.0. The average Bonchev–Trinajstić information content (AvgIpc) is 2.66. The van der Waals surface area contributed by atoms with Crippen LogP contribution in [0, 0.1) is 12.7 Å². The van der Waals surface area contributed by atoms with Gasteiger partial charge in [-0.05, 0) is 43.0 Å². The zero-order valence-corrected chi connectivity index (χ0v) is 16.2. The number of rotatable bonds is 8. The van der Waals surface area contributed by atoms with Crippen molar-refractivity contribution in [2.24, 2.45) is 0 Å². The van der Waals surface area contributed by atoms with E-state index >= 15 is 0 Å². The first-order valence-electron chi connectivity index (χ1n) is 9.29. The van der Waals surface area contributed by atoms with Gasteiger partial charge in [0.25, 0.3) is 0 Å². The van der Waals surface area contributed by atoms with Crippen LogP contribution < -0.4 is 5.32 Å². The van der Waals surface area contributed by atoms with Gasteiger partial charge in [-0.15, -0.1) is 0 Å². The lowest BCUT2D eigenvalue weighted by atomic mass is 10.1. The number of nitrogens with zero attached hydrogens (tertiary/aromatic N) is 1. The van der Waals surface area contributed by atoms with Crippen LogP contribution in [0.1, 0.15) is 37.0 Å². The van der Waals surface area contributed by atoms with E-state index in [4.69, 9.17) is 0 Å². The highest BCUT2D eigenvalue weighted by atomic mass is 19.1. The van der Waals surface area contributed by atoms with E-state index in [2.05, 4.69) is 5.32 Å². The number of halogens is 1. The van der Waals surface area contributed by atoms with Gasteiger partial charge >= 0.3 is 0 Å². The second kappa shape index (κ2) is 9.86. The molecule has 0 saturated heterocycles. The second-order valence-corrected chi connectivity index (χ2v) is 6.68. The van der Waals surface area contributed by atoms with E-state index in [0.717, 1.165) is 17.5 Å². The number of benzene rings is 2.